The molecule has 1 heterocycles. The highest BCUT2D eigenvalue weighted by Crippen LogP contribution is 2.26. The quantitative estimate of drug-likeness (QED) is 0.739. The molecular weight excluding hydrogens is 296 g/mol. The van der Waals surface area contributed by atoms with Crippen LogP contribution in [0.25, 0.3) is 0 Å². The molecule has 1 fully saturated rings. The minimum absolute atomic E-state index is 0.0235. The zero-order chi connectivity index (χ0) is 16.7. The molecule has 0 saturated carbocycles. The lowest BCUT2D eigenvalue weighted by molar-refractivity contribution is -0.126. The Bertz CT molecular complexity index is 530. The van der Waals surface area contributed by atoms with Crippen LogP contribution in [-0.2, 0) is 14.3 Å². The molecule has 0 aliphatic carbocycles. The molecule has 2 amide bonds. The van der Waals surface area contributed by atoms with E-state index in [2.05, 4.69) is 5.32 Å². The number of carbonyl (C=O) groups excluding carboxylic acids is 2. The fraction of sp³-hybridized carbons (Fsp3) is 0.529. The van der Waals surface area contributed by atoms with Crippen molar-refractivity contribution in [1.82, 2.24) is 5.32 Å². The number of carbonyl (C=O) groups is 2. The molecule has 0 radical (unpaired) electrons. The topological polar surface area (TPSA) is 67.9 Å². The van der Waals surface area contributed by atoms with Crippen LogP contribution in [-0.4, -0.2) is 45.2 Å². The van der Waals surface area contributed by atoms with Crippen LogP contribution in [0.15, 0.2) is 24.3 Å². The van der Waals surface area contributed by atoms with Gasteiger partial charge in [-0.15, -0.1) is 0 Å². The van der Waals surface area contributed by atoms with E-state index < -0.39 is 0 Å². The highest BCUT2D eigenvalue weighted by molar-refractivity contribution is 6.00. The Morgan fingerprint density at radius 2 is 2.09 bits per heavy atom. The van der Waals surface area contributed by atoms with Gasteiger partial charge in [0.2, 0.25) is 11.8 Å². The number of anilines is 1. The third-order valence-corrected chi connectivity index (χ3v) is 3.85. The first-order valence-electron chi connectivity index (χ1n) is 7.95. The molecule has 0 bridgehead atoms. The summed E-state index contributed by atoms with van der Waals surface area (Å²) < 4.78 is 10.3. The molecule has 1 N–H and O–H groups in total. The molecule has 6 heteroatoms. The summed E-state index contributed by atoms with van der Waals surface area (Å²) in [6.45, 7) is 4.26. The molecular formula is C17H24N2O4. The van der Waals surface area contributed by atoms with Crippen LogP contribution in [0.2, 0.25) is 0 Å². The lowest BCUT2D eigenvalue weighted by Crippen LogP contribution is -2.33. The van der Waals surface area contributed by atoms with Crippen LogP contribution in [0.5, 0.6) is 5.75 Å². The number of nitrogens with one attached hydrogen (secondary N) is 1. The van der Waals surface area contributed by atoms with Gasteiger partial charge in [-0.2, -0.15) is 0 Å². The summed E-state index contributed by atoms with van der Waals surface area (Å²) in [4.78, 5) is 26.0. The van der Waals surface area contributed by atoms with Gasteiger partial charge in [-0.1, -0.05) is 0 Å². The molecule has 0 spiro atoms. The number of ether oxygens (including phenoxy) is 2. The summed E-state index contributed by atoms with van der Waals surface area (Å²) in [6, 6.07) is 7.28. The predicted octanol–water partition coefficient (Wildman–Crippen LogP) is 1.59. The number of amides is 2. The van der Waals surface area contributed by atoms with E-state index in [1.54, 1.807) is 12.0 Å². The molecule has 0 aromatic heterocycles. The van der Waals surface area contributed by atoms with Crippen molar-refractivity contribution in [1.29, 1.82) is 0 Å². The van der Waals surface area contributed by atoms with Gasteiger partial charge in [0, 0.05) is 38.4 Å². The maximum atomic E-state index is 12.2. The molecule has 1 aliphatic heterocycles. The van der Waals surface area contributed by atoms with Crippen molar-refractivity contribution in [2.24, 2.45) is 5.92 Å². The van der Waals surface area contributed by atoms with Crippen LogP contribution in [0, 0.1) is 5.92 Å². The van der Waals surface area contributed by atoms with Gasteiger partial charge in [0.05, 0.1) is 13.0 Å². The summed E-state index contributed by atoms with van der Waals surface area (Å²) >= 11 is 0. The van der Waals surface area contributed by atoms with Crippen molar-refractivity contribution in [3.8, 4) is 5.75 Å². The number of benzene rings is 1. The van der Waals surface area contributed by atoms with Crippen LogP contribution < -0.4 is 15.0 Å². The molecule has 1 saturated heterocycles. The molecule has 2 rings (SSSR count). The van der Waals surface area contributed by atoms with E-state index in [1.807, 2.05) is 31.2 Å². The molecule has 126 valence electrons. The summed E-state index contributed by atoms with van der Waals surface area (Å²) in [7, 11) is 1.60. The number of hydrogen-bond donors (Lipinski definition) is 1. The largest absolute Gasteiger partial charge is 0.497 e. The van der Waals surface area contributed by atoms with Crippen molar-refractivity contribution in [2.75, 3.05) is 38.3 Å². The average molecular weight is 320 g/mol. The lowest BCUT2D eigenvalue weighted by Gasteiger charge is -2.17. The van der Waals surface area contributed by atoms with Crippen molar-refractivity contribution in [3.63, 3.8) is 0 Å². The van der Waals surface area contributed by atoms with E-state index in [4.69, 9.17) is 9.47 Å². The van der Waals surface area contributed by atoms with Gasteiger partial charge in [-0.3, -0.25) is 9.59 Å². The molecule has 1 aromatic carbocycles. The van der Waals surface area contributed by atoms with E-state index >= 15 is 0 Å². The normalized spacial score (nSPS) is 17.4. The number of hydrogen-bond acceptors (Lipinski definition) is 4. The maximum absolute atomic E-state index is 12.2. The predicted molar refractivity (Wildman–Crippen MR) is 87.6 cm³/mol. The second-order valence-electron chi connectivity index (χ2n) is 5.44. The zero-order valence-corrected chi connectivity index (χ0v) is 13.7. The Morgan fingerprint density at radius 3 is 2.74 bits per heavy atom. The molecule has 1 aromatic rings. The Labute approximate surface area is 136 Å². The van der Waals surface area contributed by atoms with E-state index in [-0.39, 0.29) is 24.2 Å². The average Bonchev–Trinajstić information content (AvgIpc) is 2.96. The van der Waals surface area contributed by atoms with Crippen LogP contribution in [0.3, 0.4) is 0 Å². The highest BCUT2D eigenvalue weighted by atomic mass is 16.5. The van der Waals surface area contributed by atoms with Crippen molar-refractivity contribution < 1.29 is 19.1 Å². The number of nitrogens with zero attached hydrogens (tertiary/aromatic N) is 1. The second-order valence-corrected chi connectivity index (χ2v) is 5.44. The number of rotatable bonds is 8. The minimum atomic E-state index is -0.295. The highest BCUT2D eigenvalue weighted by Gasteiger charge is 2.34. The van der Waals surface area contributed by atoms with Crippen LogP contribution in [0.1, 0.15) is 19.8 Å². The third kappa shape index (κ3) is 4.69. The van der Waals surface area contributed by atoms with Gasteiger partial charge in [-0.25, -0.2) is 0 Å². The molecule has 23 heavy (non-hydrogen) atoms. The summed E-state index contributed by atoms with van der Waals surface area (Å²) in [5.41, 5.74) is 0.794. The fourth-order valence-corrected chi connectivity index (χ4v) is 2.57. The SMILES string of the molecule is CCOCCCNC(=O)[C@H]1CC(=O)N(c2ccc(OC)cc2)C1. The van der Waals surface area contributed by atoms with E-state index in [0.29, 0.717) is 26.3 Å². The summed E-state index contributed by atoms with van der Waals surface area (Å²) in [5.74, 6) is 0.358. The van der Waals surface area contributed by atoms with Crippen molar-refractivity contribution >= 4 is 17.5 Å². The molecule has 0 unspecified atom stereocenters. The van der Waals surface area contributed by atoms with Gasteiger partial charge in [0.25, 0.3) is 0 Å². The van der Waals surface area contributed by atoms with Crippen LogP contribution in [0.4, 0.5) is 5.69 Å². The third-order valence-electron chi connectivity index (χ3n) is 3.85. The fourth-order valence-electron chi connectivity index (χ4n) is 2.57. The Balaban J connectivity index is 1.84. The molecule has 6 nitrogen and oxygen atoms in total. The Morgan fingerprint density at radius 1 is 1.35 bits per heavy atom. The van der Waals surface area contributed by atoms with E-state index in [0.717, 1.165) is 17.9 Å². The van der Waals surface area contributed by atoms with Gasteiger partial charge >= 0.3 is 0 Å². The molecule has 1 atom stereocenters. The summed E-state index contributed by atoms with van der Waals surface area (Å²) in [5, 5.41) is 2.88. The van der Waals surface area contributed by atoms with Crippen molar-refractivity contribution in [3.05, 3.63) is 24.3 Å². The smallest absolute Gasteiger partial charge is 0.227 e. The van der Waals surface area contributed by atoms with Crippen LogP contribution >= 0.6 is 0 Å². The van der Waals surface area contributed by atoms with Gasteiger partial charge in [0.15, 0.2) is 0 Å². The number of methoxy groups -OCH3 is 1. The maximum Gasteiger partial charge on any atom is 0.227 e. The first-order chi connectivity index (χ1) is 11.2. The second kappa shape index (κ2) is 8.53. The standard InChI is InChI=1S/C17H24N2O4/c1-3-23-10-4-9-18-17(21)13-11-16(20)19(12-13)14-5-7-15(22-2)8-6-14/h5-8,13H,3-4,9-12H2,1-2H3,(H,18,21)/t13-/m0/s1. The van der Waals surface area contributed by atoms with Crippen molar-refractivity contribution in [2.45, 2.75) is 19.8 Å². The van der Waals surface area contributed by atoms with E-state index in [1.165, 1.54) is 0 Å². The first kappa shape index (κ1) is 17.3. The monoisotopic (exact) mass is 320 g/mol. The Kier molecular flexibility index (Phi) is 6.40. The van der Waals surface area contributed by atoms with Gasteiger partial charge in [0.1, 0.15) is 5.75 Å². The summed E-state index contributed by atoms with van der Waals surface area (Å²) in [6.07, 6.45) is 1.03. The first-order valence-corrected chi connectivity index (χ1v) is 7.95. The minimum Gasteiger partial charge on any atom is -0.497 e. The molecule has 1 aliphatic rings. The van der Waals surface area contributed by atoms with Gasteiger partial charge < -0.3 is 19.7 Å². The van der Waals surface area contributed by atoms with E-state index in [9.17, 15) is 9.59 Å². The Hall–Kier alpha value is -2.08. The zero-order valence-electron chi connectivity index (χ0n) is 13.7. The lowest BCUT2D eigenvalue weighted by atomic mass is 10.1. The van der Waals surface area contributed by atoms with Gasteiger partial charge in [-0.05, 0) is 37.6 Å².